The van der Waals surface area contributed by atoms with E-state index in [1.54, 1.807) is 36.4 Å². The third-order valence-corrected chi connectivity index (χ3v) is 4.78. The molecular formula is C21H18ClFN2O3. The maximum Gasteiger partial charge on any atom is 0.256 e. The van der Waals surface area contributed by atoms with Crippen molar-refractivity contribution in [2.75, 3.05) is 13.2 Å². The van der Waals surface area contributed by atoms with Crippen LogP contribution in [0.25, 0.3) is 11.0 Å². The summed E-state index contributed by atoms with van der Waals surface area (Å²) in [4.78, 5) is 17.1. The summed E-state index contributed by atoms with van der Waals surface area (Å²) < 4.78 is 25.4. The molecule has 1 aliphatic rings. The lowest BCUT2D eigenvalue weighted by Gasteiger charge is -2.11. The molecule has 2 heterocycles. The Kier molecular flexibility index (Phi) is 5.41. The molecule has 144 valence electrons. The number of ether oxygens (including phenoxy) is 1. The van der Waals surface area contributed by atoms with E-state index < -0.39 is 5.82 Å². The van der Waals surface area contributed by atoms with Crippen molar-refractivity contribution in [2.24, 2.45) is 4.99 Å². The number of hydrogen-bond donors (Lipinski definition) is 1. The Morgan fingerprint density at radius 1 is 1.25 bits per heavy atom. The van der Waals surface area contributed by atoms with Gasteiger partial charge in [-0.3, -0.25) is 4.79 Å². The molecular weight excluding hydrogens is 383 g/mol. The first kappa shape index (κ1) is 18.7. The van der Waals surface area contributed by atoms with Gasteiger partial charge in [-0.1, -0.05) is 23.7 Å². The molecule has 28 heavy (non-hydrogen) atoms. The second kappa shape index (κ2) is 8.12. The first-order chi connectivity index (χ1) is 13.6. The van der Waals surface area contributed by atoms with Gasteiger partial charge in [-0.25, -0.2) is 9.38 Å². The number of para-hydroxylation sites is 1. The second-order valence-corrected chi connectivity index (χ2v) is 6.99. The predicted octanol–water partition coefficient (Wildman–Crippen LogP) is 4.37. The largest absolute Gasteiger partial charge is 0.438 e. The van der Waals surface area contributed by atoms with Crippen LogP contribution < -0.4 is 10.9 Å². The molecule has 5 nitrogen and oxygen atoms in total. The molecule has 1 aromatic heterocycles. The van der Waals surface area contributed by atoms with E-state index in [0.29, 0.717) is 29.1 Å². The van der Waals surface area contributed by atoms with Gasteiger partial charge in [0.2, 0.25) is 5.55 Å². The number of benzene rings is 2. The van der Waals surface area contributed by atoms with Crippen molar-refractivity contribution in [1.82, 2.24) is 5.32 Å². The van der Waals surface area contributed by atoms with Gasteiger partial charge in [-0.05, 0) is 49.2 Å². The number of fused-ring (bicyclic) bond motifs is 1. The van der Waals surface area contributed by atoms with Crippen molar-refractivity contribution in [3.63, 3.8) is 0 Å². The van der Waals surface area contributed by atoms with Crippen LogP contribution in [0.3, 0.4) is 0 Å². The molecule has 4 rings (SSSR count). The number of hydrogen-bond acceptors (Lipinski definition) is 4. The molecule has 0 aliphatic carbocycles. The molecule has 1 amide bonds. The van der Waals surface area contributed by atoms with E-state index in [9.17, 15) is 9.18 Å². The van der Waals surface area contributed by atoms with Gasteiger partial charge >= 0.3 is 0 Å². The molecule has 2 aromatic carbocycles. The Labute approximate surface area is 165 Å². The maximum absolute atomic E-state index is 14.1. The fraction of sp³-hybridized carbons (Fsp3) is 0.238. The topological polar surface area (TPSA) is 63.8 Å². The number of halogens is 2. The van der Waals surface area contributed by atoms with Crippen LogP contribution in [0, 0.1) is 5.82 Å². The van der Waals surface area contributed by atoms with Crippen molar-refractivity contribution in [3.8, 4) is 0 Å². The Morgan fingerprint density at radius 3 is 2.89 bits per heavy atom. The van der Waals surface area contributed by atoms with Crippen LogP contribution in [-0.2, 0) is 4.74 Å². The van der Waals surface area contributed by atoms with Crippen LogP contribution in [0.15, 0.2) is 57.9 Å². The molecule has 1 unspecified atom stereocenters. The van der Waals surface area contributed by atoms with Crippen molar-refractivity contribution < 1.29 is 18.3 Å². The zero-order chi connectivity index (χ0) is 19.5. The summed E-state index contributed by atoms with van der Waals surface area (Å²) in [6, 6.07) is 12.8. The smallest absolute Gasteiger partial charge is 0.256 e. The second-order valence-electron chi connectivity index (χ2n) is 6.56. The summed E-state index contributed by atoms with van der Waals surface area (Å²) >= 11 is 6.06. The third kappa shape index (κ3) is 4.08. The molecule has 1 N–H and O–H groups in total. The normalized spacial score (nSPS) is 17.2. The summed E-state index contributed by atoms with van der Waals surface area (Å²) in [6.45, 7) is 1.10. The number of amides is 1. The van der Waals surface area contributed by atoms with Gasteiger partial charge < -0.3 is 14.5 Å². The van der Waals surface area contributed by atoms with Crippen LogP contribution in [-0.4, -0.2) is 25.2 Å². The molecule has 0 radical (unpaired) electrons. The Bertz CT molecular complexity index is 1090. The molecule has 1 aliphatic heterocycles. The predicted molar refractivity (Wildman–Crippen MR) is 104 cm³/mol. The molecule has 1 saturated heterocycles. The summed E-state index contributed by atoms with van der Waals surface area (Å²) in [7, 11) is 0. The van der Waals surface area contributed by atoms with Crippen molar-refractivity contribution in [1.29, 1.82) is 0 Å². The van der Waals surface area contributed by atoms with Gasteiger partial charge in [0.25, 0.3) is 5.91 Å². The maximum atomic E-state index is 14.1. The zero-order valence-corrected chi connectivity index (χ0v) is 15.7. The van der Waals surface area contributed by atoms with Gasteiger partial charge in [0.05, 0.1) is 6.10 Å². The lowest BCUT2D eigenvalue weighted by Crippen LogP contribution is -2.34. The molecule has 7 heteroatoms. The van der Waals surface area contributed by atoms with E-state index in [2.05, 4.69) is 10.3 Å². The van der Waals surface area contributed by atoms with E-state index in [1.807, 2.05) is 0 Å². The monoisotopic (exact) mass is 400 g/mol. The summed E-state index contributed by atoms with van der Waals surface area (Å²) in [5.74, 6) is -0.865. The highest BCUT2D eigenvalue weighted by Gasteiger charge is 2.19. The summed E-state index contributed by atoms with van der Waals surface area (Å²) in [5.41, 5.74) is 0.823. The Hall–Kier alpha value is -2.70. The highest BCUT2D eigenvalue weighted by atomic mass is 35.5. The minimum atomic E-state index is -0.500. The van der Waals surface area contributed by atoms with Gasteiger partial charge in [0, 0.05) is 23.6 Å². The average Bonchev–Trinajstić information content (AvgIpc) is 3.21. The van der Waals surface area contributed by atoms with Crippen LogP contribution >= 0.6 is 11.6 Å². The van der Waals surface area contributed by atoms with Crippen LogP contribution in [0.1, 0.15) is 23.2 Å². The number of rotatable bonds is 4. The summed E-state index contributed by atoms with van der Waals surface area (Å²) in [6.07, 6.45) is 1.89. The van der Waals surface area contributed by atoms with Gasteiger partial charge in [0.1, 0.15) is 22.7 Å². The number of nitrogens with one attached hydrogen (secondary N) is 1. The minimum Gasteiger partial charge on any atom is -0.438 e. The standard InChI is InChI=1S/C21H18ClFN2O3/c22-14-7-8-19-13(10-14)11-16(20(26)24-12-15-4-3-9-27-15)21(28-19)25-18-6-2-1-5-17(18)23/h1-2,5-8,10-11,15H,3-4,9,12H2,(H,24,26). The highest BCUT2D eigenvalue weighted by molar-refractivity contribution is 6.31. The highest BCUT2D eigenvalue weighted by Crippen LogP contribution is 2.21. The Morgan fingerprint density at radius 2 is 2.11 bits per heavy atom. The van der Waals surface area contributed by atoms with E-state index in [-0.39, 0.29) is 28.8 Å². The third-order valence-electron chi connectivity index (χ3n) is 4.54. The van der Waals surface area contributed by atoms with Crippen molar-refractivity contribution in [2.45, 2.75) is 18.9 Å². The van der Waals surface area contributed by atoms with E-state index >= 15 is 0 Å². The quantitative estimate of drug-likeness (QED) is 0.707. The first-order valence-corrected chi connectivity index (χ1v) is 9.40. The van der Waals surface area contributed by atoms with Crippen LogP contribution in [0.2, 0.25) is 5.02 Å². The number of nitrogens with zero attached hydrogens (tertiary/aromatic N) is 1. The first-order valence-electron chi connectivity index (χ1n) is 9.02. The molecule has 1 atom stereocenters. The summed E-state index contributed by atoms with van der Waals surface area (Å²) in [5, 5.41) is 4.03. The van der Waals surface area contributed by atoms with Crippen LogP contribution in [0.4, 0.5) is 10.1 Å². The van der Waals surface area contributed by atoms with E-state index in [4.69, 9.17) is 20.8 Å². The number of carbonyl (C=O) groups is 1. The van der Waals surface area contributed by atoms with Gasteiger partial charge in [-0.2, -0.15) is 0 Å². The molecule has 0 bridgehead atoms. The van der Waals surface area contributed by atoms with E-state index in [0.717, 1.165) is 12.8 Å². The zero-order valence-electron chi connectivity index (χ0n) is 15.0. The molecule has 3 aromatic rings. The molecule has 1 fully saturated rings. The SMILES string of the molecule is O=C(NCC1CCCO1)c1cc2cc(Cl)ccc2oc1=Nc1ccccc1F. The fourth-order valence-electron chi connectivity index (χ4n) is 3.11. The molecule has 0 saturated carbocycles. The number of carbonyl (C=O) groups excluding carboxylic acids is 1. The fourth-order valence-corrected chi connectivity index (χ4v) is 3.29. The molecule has 0 spiro atoms. The lowest BCUT2D eigenvalue weighted by atomic mass is 10.1. The van der Waals surface area contributed by atoms with Crippen molar-refractivity contribution in [3.05, 3.63) is 70.5 Å². The van der Waals surface area contributed by atoms with Crippen LogP contribution in [0.5, 0.6) is 0 Å². The Balaban J connectivity index is 1.77. The minimum absolute atomic E-state index is 0.00254. The average molecular weight is 401 g/mol. The lowest BCUT2D eigenvalue weighted by molar-refractivity contribution is 0.0854. The van der Waals surface area contributed by atoms with Gasteiger partial charge in [0.15, 0.2) is 0 Å². The van der Waals surface area contributed by atoms with Gasteiger partial charge in [-0.15, -0.1) is 0 Å². The van der Waals surface area contributed by atoms with Crippen molar-refractivity contribution >= 4 is 34.2 Å². The van der Waals surface area contributed by atoms with E-state index in [1.165, 1.54) is 12.1 Å².